The van der Waals surface area contributed by atoms with Crippen molar-refractivity contribution in [1.29, 1.82) is 5.26 Å². The molecule has 0 bridgehead atoms. The second-order valence-corrected chi connectivity index (χ2v) is 10.2. The number of aliphatic imine (C=N–C) groups is 1. The summed E-state index contributed by atoms with van der Waals surface area (Å²) in [6, 6.07) is 6.03. The Morgan fingerprint density at radius 3 is 2.77 bits per heavy atom. The van der Waals surface area contributed by atoms with E-state index >= 15 is 0 Å². The van der Waals surface area contributed by atoms with Crippen LogP contribution in [0.3, 0.4) is 0 Å². The molecule has 1 aliphatic rings. The Kier molecular flexibility index (Phi) is 7.46. The summed E-state index contributed by atoms with van der Waals surface area (Å²) in [4.78, 5) is 5.98. The Hall–Kier alpha value is -2.29. The summed E-state index contributed by atoms with van der Waals surface area (Å²) < 4.78 is 11.4. The number of hydrogen-bond acceptors (Lipinski definition) is 5. The van der Waals surface area contributed by atoms with Crippen LogP contribution in [0.15, 0.2) is 29.8 Å². The second-order valence-electron chi connectivity index (χ2n) is 8.72. The fraction of sp³-hybridized carbons (Fsp3) is 0.440. The van der Waals surface area contributed by atoms with E-state index in [-0.39, 0.29) is 5.41 Å². The fourth-order valence-corrected chi connectivity index (χ4v) is 5.35. The molecule has 164 valence electrons. The van der Waals surface area contributed by atoms with Gasteiger partial charge in [-0.1, -0.05) is 45.0 Å². The normalized spacial score (nSPS) is 16.1. The minimum Gasteiger partial charge on any atom is -0.490 e. The van der Waals surface area contributed by atoms with Crippen LogP contribution in [0.1, 0.15) is 55.7 Å². The van der Waals surface area contributed by atoms with Crippen molar-refractivity contribution >= 4 is 34.2 Å². The zero-order chi connectivity index (χ0) is 22.6. The molecule has 0 N–H and O–H groups in total. The molecule has 0 fully saturated rings. The van der Waals surface area contributed by atoms with Gasteiger partial charge in [0.2, 0.25) is 0 Å². The maximum Gasteiger partial charge on any atom is 0.180 e. The van der Waals surface area contributed by atoms with Gasteiger partial charge < -0.3 is 9.47 Å². The highest BCUT2D eigenvalue weighted by Crippen LogP contribution is 2.45. The van der Waals surface area contributed by atoms with Crippen molar-refractivity contribution in [2.75, 3.05) is 13.2 Å². The minimum atomic E-state index is 0.264. The minimum absolute atomic E-state index is 0.264. The van der Waals surface area contributed by atoms with Crippen molar-refractivity contribution in [2.45, 2.75) is 47.0 Å². The van der Waals surface area contributed by atoms with Gasteiger partial charge in [-0.2, -0.15) is 5.26 Å². The molecule has 0 aliphatic heterocycles. The predicted molar refractivity (Wildman–Crippen MR) is 130 cm³/mol. The highest BCUT2D eigenvalue weighted by Gasteiger charge is 2.32. The molecule has 4 nitrogen and oxygen atoms in total. The molecule has 31 heavy (non-hydrogen) atoms. The third kappa shape index (κ3) is 5.31. The molecule has 1 heterocycles. The first kappa shape index (κ1) is 23.4. The number of nitriles is 1. The molecular weight excluding hydrogens is 428 g/mol. The van der Waals surface area contributed by atoms with Crippen LogP contribution in [0, 0.1) is 22.7 Å². The van der Waals surface area contributed by atoms with Gasteiger partial charge in [-0.05, 0) is 60.8 Å². The monoisotopic (exact) mass is 456 g/mol. The van der Waals surface area contributed by atoms with E-state index in [9.17, 15) is 5.26 Å². The summed E-state index contributed by atoms with van der Waals surface area (Å²) in [5, 5.41) is 11.0. The lowest BCUT2D eigenvalue weighted by Gasteiger charge is -2.33. The predicted octanol–water partition coefficient (Wildman–Crippen LogP) is 7.14. The Morgan fingerprint density at radius 2 is 2.13 bits per heavy atom. The zero-order valence-corrected chi connectivity index (χ0v) is 20.2. The summed E-state index contributed by atoms with van der Waals surface area (Å²) >= 11 is 8.07. The van der Waals surface area contributed by atoms with E-state index in [4.69, 9.17) is 21.1 Å². The van der Waals surface area contributed by atoms with Crippen LogP contribution in [0.5, 0.6) is 11.5 Å². The Morgan fingerprint density at radius 1 is 1.35 bits per heavy atom. The number of fused-ring (bicyclic) bond motifs is 1. The molecule has 0 saturated heterocycles. The first-order valence-corrected chi connectivity index (χ1v) is 11.8. The Balaban J connectivity index is 1.91. The summed E-state index contributed by atoms with van der Waals surface area (Å²) in [7, 11) is 0. The summed E-state index contributed by atoms with van der Waals surface area (Å²) in [5.74, 6) is 1.69. The van der Waals surface area contributed by atoms with Crippen molar-refractivity contribution in [3.8, 4) is 17.6 Å². The number of halogens is 1. The molecule has 1 aromatic heterocycles. The number of benzene rings is 1. The maximum atomic E-state index is 9.78. The molecular formula is C25H29ClN2O2S. The van der Waals surface area contributed by atoms with Gasteiger partial charge in [-0.25, -0.2) is 4.99 Å². The zero-order valence-electron chi connectivity index (χ0n) is 18.6. The van der Waals surface area contributed by atoms with Crippen molar-refractivity contribution in [2.24, 2.45) is 16.3 Å². The molecule has 2 aromatic rings. The van der Waals surface area contributed by atoms with Gasteiger partial charge >= 0.3 is 0 Å². The van der Waals surface area contributed by atoms with E-state index in [0.717, 1.165) is 29.8 Å². The van der Waals surface area contributed by atoms with E-state index in [2.05, 4.69) is 38.4 Å². The van der Waals surface area contributed by atoms with Gasteiger partial charge in [-0.3, -0.25) is 0 Å². The fourth-order valence-electron chi connectivity index (χ4n) is 3.86. The van der Waals surface area contributed by atoms with Crippen LogP contribution in [0.25, 0.3) is 0 Å². The molecule has 1 aliphatic carbocycles. The number of nitrogens with zero attached hydrogens (tertiary/aromatic N) is 2. The van der Waals surface area contributed by atoms with Gasteiger partial charge in [-0.15, -0.1) is 11.3 Å². The summed E-state index contributed by atoms with van der Waals surface area (Å²) in [5.41, 5.74) is 2.95. The van der Waals surface area contributed by atoms with E-state index in [1.54, 1.807) is 29.7 Å². The van der Waals surface area contributed by atoms with Crippen molar-refractivity contribution in [3.05, 3.63) is 51.4 Å². The standard InChI is InChI=1S/C25H29ClN2O2S/c1-6-10-30-23-20(26)11-16(12-21(23)29-7-2)15-28-24-19(14-27)18-9-8-17(25(3,4)5)13-22(18)31-24/h6,11-12,15,17H,1,7-10,13H2,2-5H3/t17-/m1/s1. The van der Waals surface area contributed by atoms with Crippen molar-refractivity contribution < 1.29 is 9.47 Å². The van der Waals surface area contributed by atoms with Gasteiger partial charge in [0.15, 0.2) is 11.5 Å². The quantitative estimate of drug-likeness (QED) is 0.328. The average molecular weight is 457 g/mol. The lowest BCUT2D eigenvalue weighted by molar-refractivity contribution is 0.218. The SMILES string of the molecule is C=CCOc1c(Cl)cc(C=Nc2sc3c(c2C#N)CC[C@@H](C(C)(C)C)C3)cc1OCC. The van der Waals surface area contributed by atoms with Crippen LogP contribution >= 0.6 is 22.9 Å². The number of thiophene rings is 1. The molecule has 0 amide bonds. The number of rotatable bonds is 7. The van der Waals surface area contributed by atoms with Gasteiger partial charge in [0, 0.05) is 11.1 Å². The third-order valence-electron chi connectivity index (χ3n) is 5.59. The Bertz CT molecular complexity index is 1030. The topological polar surface area (TPSA) is 54.6 Å². The van der Waals surface area contributed by atoms with E-state index < -0.39 is 0 Å². The maximum absolute atomic E-state index is 9.78. The average Bonchev–Trinajstić information content (AvgIpc) is 3.08. The highest BCUT2D eigenvalue weighted by atomic mass is 35.5. The largest absolute Gasteiger partial charge is 0.490 e. The van der Waals surface area contributed by atoms with Crippen molar-refractivity contribution in [3.63, 3.8) is 0 Å². The third-order valence-corrected chi connectivity index (χ3v) is 7.03. The molecule has 1 atom stereocenters. The first-order valence-electron chi connectivity index (χ1n) is 10.6. The van der Waals surface area contributed by atoms with Crippen LogP contribution in [0.4, 0.5) is 5.00 Å². The molecule has 3 rings (SSSR count). The molecule has 1 aromatic carbocycles. The van der Waals surface area contributed by atoms with E-state index in [1.807, 2.05) is 13.0 Å². The molecule has 0 unspecified atom stereocenters. The Labute approximate surface area is 194 Å². The van der Waals surface area contributed by atoms with E-state index in [1.165, 1.54) is 10.4 Å². The number of hydrogen-bond donors (Lipinski definition) is 0. The number of ether oxygens (including phenoxy) is 2. The lowest BCUT2D eigenvalue weighted by Crippen LogP contribution is -2.26. The van der Waals surface area contributed by atoms with Gasteiger partial charge in [0.05, 0.1) is 17.2 Å². The highest BCUT2D eigenvalue weighted by molar-refractivity contribution is 7.16. The summed E-state index contributed by atoms with van der Waals surface area (Å²) in [6.07, 6.45) is 6.48. The first-order chi connectivity index (χ1) is 14.8. The van der Waals surface area contributed by atoms with Gasteiger partial charge in [0.25, 0.3) is 0 Å². The smallest absolute Gasteiger partial charge is 0.180 e. The second kappa shape index (κ2) is 9.89. The molecule has 6 heteroatoms. The molecule has 0 saturated carbocycles. The van der Waals surface area contributed by atoms with E-state index in [0.29, 0.717) is 41.2 Å². The summed E-state index contributed by atoms with van der Waals surface area (Å²) in [6.45, 7) is 13.3. The van der Waals surface area contributed by atoms with Crippen LogP contribution in [-0.2, 0) is 12.8 Å². The molecule has 0 spiro atoms. The van der Waals surface area contributed by atoms with Crippen molar-refractivity contribution in [1.82, 2.24) is 0 Å². The van der Waals surface area contributed by atoms with Crippen LogP contribution in [0.2, 0.25) is 5.02 Å². The molecule has 0 radical (unpaired) electrons. The van der Waals surface area contributed by atoms with Crippen LogP contribution in [-0.4, -0.2) is 19.4 Å². The van der Waals surface area contributed by atoms with Crippen LogP contribution < -0.4 is 9.47 Å². The lowest BCUT2D eigenvalue weighted by atomic mass is 9.72. The van der Waals surface area contributed by atoms with Gasteiger partial charge in [0.1, 0.15) is 17.7 Å².